The molecule has 1 aromatic heterocycles. The van der Waals surface area contributed by atoms with Crippen LogP contribution in [-0.4, -0.2) is 11.8 Å². The first-order chi connectivity index (χ1) is 8.72. The van der Waals surface area contributed by atoms with Crippen molar-refractivity contribution in [1.82, 2.24) is 0 Å². The van der Waals surface area contributed by atoms with Gasteiger partial charge in [-0.1, -0.05) is 0 Å². The molecule has 0 fully saturated rings. The van der Waals surface area contributed by atoms with Crippen molar-refractivity contribution >= 4 is 28.2 Å². The molecule has 0 N–H and O–H groups in total. The molecule has 4 nitrogen and oxygen atoms in total. The molecule has 1 aromatic rings. The summed E-state index contributed by atoms with van der Waals surface area (Å²) in [5.74, 6) is -0.704. The van der Waals surface area contributed by atoms with E-state index in [2.05, 4.69) is 6.07 Å². The van der Waals surface area contributed by atoms with Crippen LogP contribution in [0.1, 0.15) is 28.8 Å². The number of rotatable bonds is 1. The van der Waals surface area contributed by atoms with E-state index < -0.39 is 0 Å². The van der Waals surface area contributed by atoms with Crippen LogP contribution in [0.4, 0.5) is 5.00 Å². The van der Waals surface area contributed by atoms with E-state index in [0.29, 0.717) is 10.6 Å². The van der Waals surface area contributed by atoms with Crippen molar-refractivity contribution in [2.45, 2.75) is 25.7 Å². The number of amides is 2. The highest BCUT2D eigenvalue weighted by molar-refractivity contribution is 7.17. The maximum absolute atomic E-state index is 11.7. The van der Waals surface area contributed by atoms with Crippen LogP contribution in [0, 0.1) is 11.3 Å². The second kappa shape index (κ2) is 4.07. The van der Waals surface area contributed by atoms with Crippen molar-refractivity contribution in [1.29, 1.82) is 5.26 Å². The number of anilines is 1. The summed E-state index contributed by atoms with van der Waals surface area (Å²) in [6, 6.07) is 2.16. The van der Waals surface area contributed by atoms with E-state index in [-0.39, 0.29) is 11.8 Å². The molecule has 0 aromatic carbocycles. The molecule has 3 rings (SSSR count). The van der Waals surface area contributed by atoms with E-state index in [1.54, 1.807) is 0 Å². The highest BCUT2D eigenvalue weighted by Gasteiger charge is 2.32. The number of nitriles is 1. The van der Waals surface area contributed by atoms with Crippen LogP contribution in [-0.2, 0) is 22.4 Å². The summed E-state index contributed by atoms with van der Waals surface area (Å²) in [5, 5.41) is 9.79. The molecule has 0 radical (unpaired) electrons. The summed E-state index contributed by atoms with van der Waals surface area (Å²) in [4.78, 5) is 25.6. The van der Waals surface area contributed by atoms with Gasteiger partial charge in [-0.15, -0.1) is 11.3 Å². The maximum Gasteiger partial charge on any atom is 0.258 e. The van der Waals surface area contributed by atoms with Gasteiger partial charge in [0.05, 0.1) is 5.56 Å². The normalized spacial score (nSPS) is 18.1. The van der Waals surface area contributed by atoms with Crippen molar-refractivity contribution in [3.05, 3.63) is 28.2 Å². The Morgan fingerprint density at radius 2 is 1.83 bits per heavy atom. The Morgan fingerprint density at radius 1 is 1.17 bits per heavy atom. The van der Waals surface area contributed by atoms with Crippen LogP contribution < -0.4 is 4.90 Å². The Morgan fingerprint density at radius 3 is 2.50 bits per heavy atom. The van der Waals surface area contributed by atoms with Crippen molar-refractivity contribution < 1.29 is 9.59 Å². The first kappa shape index (κ1) is 11.2. The second-order valence-corrected chi connectivity index (χ2v) is 5.43. The quantitative estimate of drug-likeness (QED) is 0.723. The zero-order chi connectivity index (χ0) is 12.7. The molecule has 0 bridgehead atoms. The molecule has 0 saturated heterocycles. The van der Waals surface area contributed by atoms with Gasteiger partial charge in [0, 0.05) is 17.0 Å². The van der Waals surface area contributed by atoms with Gasteiger partial charge in [-0.05, 0) is 31.2 Å². The van der Waals surface area contributed by atoms with Gasteiger partial charge in [-0.25, -0.2) is 4.90 Å². The molecule has 0 spiro atoms. The van der Waals surface area contributed by atoms with Crippen LogP contribution in [0.25, 0.3) is 0 Å². The van der Waals surface area contributed by atoms with Gasteiger partial charge in [-0.3, -0.25) is 9.59 Å². The summed E-state index contributed by atoms with van der Waals surface area (Å²) in [6.45, 7) is 0. The predicted molar refractivity (Wildman–Crippen MR) is 67.3 cm³/mol. The standard InChI is InChI=1S/C13H10N2O2S/c14-7-9-8-3-1-2-4-10(8)18-13(9)15-11(16)5-6-12(15)17/h5-6H,1-4H2. The minimum atomic E-state index is -0.352. The monoisotopic (exact) mass is 258 g/mol. The average molecular weight is 258 g/mol. The first-order valence-corrected chi connectivity index (χ1v) is 6.65. The third-order valence-electron chi connectivity index (χ3n) is 3.28. The zero-order valence-corrected chi connectivity index (χ0v) is 10.4. The molecule has 1 aliphatic heterocycles. The average Bonchev–Trinajstić information content (AvgIpc) is 2.89. The lowest BCUT2D eigenvalue weighted by Crippen LogP contribution is -2.29. The minimum absolute atomic E-state index is 0.352. The van der Waals surface area contributed by atoms with E-state index in [1.807, 2.05) is 0 Å². The van der Waals surface area contributed by atoms with Crippen molar-refractivity contribution in [2.75, 3.05) is 4.90 Å². The molecule has 2 amide bonds. The van der Waals surface area contributed by atoms with Crippen molar-refractivity contribution in [3.63, 3.8) is 0 Å². The van der Waals surface area contributed by atoms with Gasteiger partial charge in [0.25, 0.3) is 11.8 Å². The lowest BCUT2D eigenvalue weighted by molar-refractivity contribution is -0.119. The molecule has 0 unspecified atom stereocenters. The number of nitrogens with zero attached hydrogens (tertiary/aromatic N) is 2. The molecule has 2 heterocycles. The highest BCUT2D eigenvalue weighted by Crippen LogP contribution is 2.40. The van der Waals surface area contributed by atoms with Crippen LogP contribution >= 0.6 is 11.3 Å². The number of hydrogen-bond donors (Lipinski definition) is 0. The van der Waals surface area contributed by atoms with E-state index in [1.165, 1.54) is 23.5 Å². The van der Waals surface area contributed by atoms with Crippen LogP contribution in [0.2, 0.25) is 0 Å². The molecule has 0 saturated carbocycles. The summed E-state index contributed by atoms with van der Waals surface area (Å²) in [7, 11) is 0. The highest BCUT2D eigenvalue weighted by atomic mass is 32.1. The molecular formula is C13H10N2O2S. The lowest BCUT2D eigenvalue weighted by Gasteiger charge is -2.11. The van der Waals surface area contributed by atoms with Gasteiger partial charge in [0.2, 0.25) is 0 Å². The molecule has 18 heavy (non-hydrogen) atoms. The van der Waals surface area contributed by atoms with E-state index in [9.17, 15) is 14.9 Å². The summed E-state index contributed by atoms with van der Waals surface area (Å²) < 4.78 is 0. The topological polar surface area (TPSA) is 61.2 Å². The maximum atomic E-state index is 11.7. The van der Waals surface area contributed by atoms with E-state index >= 15 is 0 Å². The Bertz CT molecular complexity index is 604. The zero-order valence-electron chi connectivity index (χ0n) is 9.60. The van der Waals surface area contributed by atoms with Gasteiger partial charge in [0.1, 0.15) is 11.1 Å². The van der Waals surface area contributed by atoms with Crippen molar-refractivity contribution in [3.8, 4) is 6.07 Å². The van der Waals surface area contributed by atoms with E-state index in [4.69, 9.17) is 0 Å². The molecule has 90 valence electrons. The number of carbonyl (C=O) groups excluding carboxylic acids is 2. The van der Waals surface area contributed by atoms with Gasteiger partial charge < -0.3 is 0 Å². The third-order valence-corrected chi connectivity index (χ3v) is 4.55. The summed E-state index contributed by atoms with van der Waals surface area (Å²) in [6.07, 6.45) is 6.50. The number of fused-ring (bicyclic) bond motifs is 1. The van der Waals surface area contributed by atoms with E-state index in [0.717, 1.165) is 41.0 Å². The van der Waals surface area contributed by atoms with Crippen LogP contribution in [0.5, 0.6) is 0 Å². The number of hydrogen-bond acceptors (Lipinski definition) is 4. The molecule has 5 heteroatoms. The SMILES string of the molecule is N#Cc1c(N2C(=O)C=CC2=O)sc2c1CCCC2. The molecule has 2 aliphatic rings. The second-order valence-electron chi connectivity index (χ2n) is 4.35. The predicted octanol–water partition coefficient (Wildman–Crippen LogP) is 1.93. The smallest absolute Gasteiger partial charge is 0.258 e. The largest absolute Gasteiger partial charge is 0.269 e. The fourth-order valence-corrected chi connectivity index (χ4v) is 3.77. The Hall–Kier alpha value is -1.93. The first-order valence-electron chi connectivity index (χ1n) is 5.83. The lowest BCUT2D eigenvalue weighted by atomic mass is 9.96. The summed E-state index contributed by atoms with van der Waals surface area (Å²) in [5.41, 5.74) is 1.55. The Kier molecular flexibility index (Phi) is 2.53. The van der Waals surface area contributed by atoms with Crippen molar-refractivity contribution in [2.24, 2.45) is 0 Å². The van der Waals surface area contributed by atoms with Gasteiger partial charge in [-0.2, -0.15) is 5.26 Å². The fraction of sp³-hybridized carbons (Fsp3) is 0.308. The number of aryl methyl sites for hydroxylation is 1. The van der Waals surface area contributed by atoms with Crippen LogP contribution in [0.15, 0.2) is 12.2 Å². The number of imide groups is 1. The molecule has 1 aliphatic carbocycles. The van der Waals surface area contributed by atoms with Gasteiger partial charge in [0.15, 0.2) is 0 Å². The number of carbonyl (C=O) groups is 2. The molecular weight excluding hydrogens is 248 g/mol. The van der Waals surface area contributed by atoms with Crippen LogP contribution in [0.3, 0.4) is 0 Å². The third kappa shape index (κ3) is 1.50. The number of thiophene rings is 1. The Balaban J connectivity index is 2.13. The summed E-state index contributed by atoms with van der Waals surface area (Å²) >= 11 is 1.41. The minimum Gasteiger partial charge on any atom is -0.269 e. The Labute approximate surface area is 108 Å². The van der Waals surface area contributed by atoms with Gasteiger partial charge >= 0.3 is 0 Å². The molecule has 0 atom stereocenters. The fourth-order valence-electron chi connectivity index (χ4n) is 2.42.